The number of nitrogens with zero attached hydrogens (tertiary/aromatic N) is 1. The van der Waals surface area contributed by atoms with E-state index in [4.69, 9.17) is 4.74 Å². The highest BCUT2D eigenvalue weighted by Crippen LogP contribution is 2.17. The fraction of sp³-hybridized carbons (Fsp3) is 0.250. The van der Waals surface area contributed by atoms with Crippen molar-refractivity contribution in [2.75, 3.05) is 0 Å². The van der Waals surface area contributed by atoms with E-state index in [1.165, 1.54) is 13.0 Å². The van der Waals surface area contributed by atoms with E-state index in [0.29, 0.717) is 24.4 Å². The van der Waals surface area contributed by atoms with E-state index in [0.717, 1.165) is 0 Å². The maximum atomic E-state index is 11.2. The maximum absolute atomic E-state index is 11.2. The predicted octanol–water partition coefficient (Wildman–Crippen LogP) is 2.74. The Hall–Kier alpha value is -2.56. The molecular formula is C16H17NO4. The number of aromatic carboxylic acids is 1. The molecule has 21 heavy (non-hydrogen) atoms. The average Bonchev–Trinajstić information content (AvgIpc) is 2.87. The van der Waals surface area contributed by atoms with Gasteiger partial charge in [-0.25, -0.2) is 4.79 Å². The summed E-state index contributed by atoms with van der Waals surface area (Å²) in [7, 11) is 0. The van der Waals surface area contributed by atoms with Gasteiger partial charge in [-0.05, 0) is 25.1 Å². The van der Waals surface area contributed by atoms with Crippen LogP contribution in [0.1, 0.15) is 29.4 Å². The fourth-order valence-electron chi connectivity index (χ4n) is 2.02. The van der Waals surface area contributed by atoms with Crippen LogP contribution >= 0.6 is 0 Å². The van der Waals surface area contributed by atoms with Crippen LogP contribution < -0.4 is 4.74 Å². The number of carboxylic acid groups (broad SMARTS) is 1. The monoisotopic (exact) mass is 287 g/mol. The first-order valence-electron chi connectivity index (χ1n) is 6.66. The number of benzene rings is 1. The van der Waals surface area contributed by atoms with Crippen molar-refractivity contribution in [2.45, 2.75) is 26.5 Å². The smallest absolute Gasteiger partial charge is 0.337 e. The lowest BCUT2D eigenvalue weighted by Crippen LogP contribution is -2.11. The summed E-state index contributed by atoms with van der Waals surface area (Å²) in [4.78, 5) is 22.3. The zero-order chi connectivity index (χ0) is 15.2. The zero-order valence-electron chi connectivity index (χ0n) is 11.8. The second-order valence-electron chi connectivity index (χ2n) is 4.73. The molecule has 0 saturated carbocycles. The number of rotatable bonds is 7. The standard InChI is InChI=1S/C16H17NO4/c1-12(18)7-9-17-10-8-14(16(19)20)15(17)11-21-13-5-3-2-4-6-13/h2-6,8,10H,7,9,11H2,1H3,(H,19,20). The van der Waals surface area contributed by atoms with Crippen LogP contribution in [-0.2, 0) is 17.9 Å². The number of aryl methyl sites for hydroxylation is 1. The van der Waals surface area contributed by atoms with Crippen molar-refractivity contribution in [3.63, 3.8) is 0 Å². The van der Waals surface area contributed by atoms with Gasteiger partial charge in [-0.15, -0.1) is 0 Å². The van der Waals surface area contributed by atoms with Crippen LogP contribution in [0.2, 0.25) is 0 Å². The van der Waals surface area contributed by atoms with Crippen molar-refractivity contribution >= 4 is 11.8 Å². The first kappa shape index (κ1) is 14.8. The Morgan fingerprint density at radius 3 is 2.52 bits per heavy atom. The molecule has 0 spiro atoms. The van der Waals surface area contributed by atoms with E-state index in [1.807, 2.05) is 30.3 Å². The van der Waals surface area contributed by atoms with E-state index in [9.17, 15) is 14.7 Å². The molecule has 0 amide bonds. The number of Topliss-reactive ketones (excluding diaryl/α,β-unsaturated/α-hetero) is 1. The molecule has 0 radical (unpaired) electrons. The lowest BCUT2D eigenvalue weighted by Gasteiger charge is -2.11. The third-order valence-electron chi connectivity index (χ3n) is 3.13. The van der Waals surface area contributed by atoms with Gasteiger partial charge in [0.05, 0.1) is 11.3 Å². The molecule has 0 aliphatic carbocycles. The number of carbonyl (C=O) groups excluding carboxylic acids is 1. The molecule has 110 valence electrons. The van der Waals surface area contributed by atoms with Gasteiger partial charge in [0.2, 0.25) is 0 Å². The van der Waals surface area contributed by atoms with E-state index in [1.54, 1.807) is 10.8 Å². The summed E-state index contributed by atoms with van der Waals surface area (Å²) in [5.74, 6) is -0.258. The molecule has 1 heterocycles. The SMILES string of the molecule is CC(=O)CCn1ccc(C(=O)O)c1COc1ccccc1. The highest BCUT2D eigenvalue weighted by Gasteiger charge is 2.16. The molecule has 1 aromatic carbocycles. The van der Waals surface area contributed by atoms with Gasteiger partial charge in [0, 0.05) is 19.2 Å². The summed E-state index contributed by atoms with van der Waals surface area (Å²) < 4.78 is 7.38. The van der Waals surface area contributed by atoms with E-state index in [-0.39, 0.29) is 18.0 Å². The van der Waals surface area contributed by atoms with Crippen molar-refractivity contribution in [1.82, 2.24) is 4.57 Å². The molecule has 0 unspecified atom stereocenters. The summed E-state index contributed by atoms with van der Waals surface area (Å²) in [5.41, 5.74) is 0.766. The Kier molecular flexibility index (Phi) is 4.77. The van der Waals surface area contributed by atoms with Crippen molar-refractivity contribution < 1.29 is 19.4 Å². The molecule has 1 aromatic heterocycles. The van der Waals surface area contributed by atoms with Crippen LogP contribution in [0.3, 0.4) is 0 Å². The molecule has 5 heteroatoms. The van der Waals surface area contributed by atoms with Gasteiger partial charge in [-0.1, -0.05) is 18.2 Å². The van der Waals surface area contributed by atoms with Gasteiger partial charge >= 0.3 is 5.97 Å². The Morgan fingerprint density at radius 2 is 1.90 bits per heavy atom. The van der Waals surface area contributed by atoms with Gasteiger partial charge in [0.1, 0.15) is 18.1 Å². The molecule has 0 atom stereocenters. The summed E-state index contributed by atoms with van der Waals surface area (Å²) in [5, 5.41) is 9.22. The predicted molar refractivity (Wildman–Crippen MR) is 77.5 cm³/mol. The van der Waals surface area contributed by atoms with Gasteiger partial charge < -0.3 is 14.4 Å². The van der Waals surface area contributed by atoms with Crippen LogP contribution in [0, 0.1) is 0 Å². The van der Waals surface area contributed by atoms with E-state index >= 15 is 0 Å². The van der Waals surface area contributed by atoms with Crippen molar-refractivity contribution in [2.24, 2.45) is 0 Å². The Morgan fingerprint density at radius 1 is 1.19 bits per heavy atom. The van der Waals surface area contributed by atoms with Crippen LogP contribution in [0.15, 0.2) is 42.6 Å². The average molecular weight is 287 g/mol. The molecule has 0 aliphatic rings. The van der Waals surface area contributed by atoms with Gasteiger partial charge in [0.15, 0.2) is 0 Å². The molecule has 0 aliphatic heterocycles. The Balaban J connectivity index is 2.16. The minimum absolute atomic E-state index is 0.0653. The van der Waals surface area contributed by atoms with Crippen molar-refractivity contribution in [1.29, 1.82) is 0 Å². The second kappa shape index (κ2) is 6.74. The van der Waals surface area contributed by atoms with Crippen LogP contribution in [0.25, 0.3) is 0 Å². The Labute approximate surface area is 122 Å². The normalized spacial score (nSPS) is 10.3. The minimum Gasteiger partial charge on any atom is -0.487 e. The van der Waals surface area contributed by atoms with Crippen molar-refractivity contribution in [3.8, 4) is 5.75 Å². The number of ketones is 1. The number of para-hydroxylation sites is 1. The van der Waals surface area contributed by atoms with Gasteiger partial charge in [0.25, 0.3) is 0 Å². The molecule has 0 bridgehead atoms. The van der Waals surface area contributed by atoms with Gasteiger partial charge in [-0.3, -0.25) is 4.79 Å². The molecule has 2 aromatic rings. The van der Waals surface area contributed by atoms with E-state index in [2.05, 4.69) is 0 Å². The first-order valence-corrected chi connectivity index (χ1v) is 6.66. The third kappa shape index (κ3) is 3.95. The van der Waals surface area contributed by atoms with Crippen LogP contribution in [0.5, 0.6) is 5.75 Å². The summed E-state index contributed by atoms with van der Waals surface area (Å²) in [6.07, 6.45) is 2.04. The number of carboxylic acids is 1. The van der Waals surface area contributed by atoms with Crippen molar-refractivity contribution in [3.05, 3.63) is 53.9 Å². The topological polar surface area (TPSA) is 68.5 Å². The number of carbonyl (C=O) groups is 2. The lowest BCUT2D eigenvalue weighted by atomic mass is 10.2. The second-order valence-corrected chi connectivity index (χ2v) is 4.73. The van der Waals surface area contributed by atoms with E-state index < -0.39 is 5.97 Å². The molecular weight excluding hydrogens is 270 g/mol. The molecule has 0 fully saturated rings. The highest BCUT2D eigenvalue weighted by molar-refractivity contribution is 5.89. The summed E-state index contributed by atoms with van der Waals surface area (Å²) in [6, 6.07) is 10.7. The highest BCUT2D eigenvalue weighted by atomic mass is 16.5. The molecule has 2 rings (SSSR count). The number of ether oxygens (including phenoxy) is 1. The molecule has 5 nitrogen and oxygen atoms in total. The van der Waals surface area contributed by atoms with Crippen LogP contribution in [-0.4, -0.2) is 21.4 Å². The number of hydrogen-bond acceptors (Lipinski definition) is 3. The summed E-state index contributed by atoms with van der Waals surface area (Å²) >= 11 is 0. The lowest BCUT2D eigenvalue weighted by molar-refractivity contribution is -0.117. The quantitative estimate of drug-likeness (QED) is 0.850. The van der Waals surface area contributed by atoms with Gasteiger partial charge in [-0.2, -0.15) is 0 Å². The first-order chi connectivity index (χ1) is 10.1. The largest absolute Gasteiger partial charge is 0.487 e. The number of aromatic nitrogens is 1. The summed E-state index contributed by atoms with van der Waals surface area (Å²) in [6.45, 7) is 2.12. The van der Waals surface area contributed by atoms with Crippen LogP contribution in [0.4, 0.5) is 0 Å². The number of hydrogen-bond donors (Lipinski definition) is 1. The third-order valence-corrected chi connectivity index (χ3v) is 3.13. The minimum atomic E-state index is -0.997. The maximum Gasteiger partial charge on any atom is 0.337 e. The Bertz CT molecular complexity index is 631. The zero-order valence-corrected chi connectivity index (χ0v) is 11.8. The molecule has 0 saturated heterocycles. The molecule has 1 N–H and O–H groups in total. The fourth-order valence-corrected chi connectivity index (χ4v) is 2.02.